The average Bonchev–Trinajstić information content (AvgIpc) is 3.62. The molecular formula is C41H50ClN9O3S. The molecule has 4 heterocycles. The molecule has 290 valence electrons. The highest BCUT2D eigenvalue weighted by Gasteiger charge is 2.41. The Balaban J connectivity index is 1.47. The van der Waals surface area contributed by atoms with Crippen molar-refractivity contribution in [3.8, 4) is 0 Å². The summed E-state index contributed by atoms with van der Waals surface area (Å²) >= 11 is 8.71. The normalized spacial score (nSPS) is 21.6. The minimum atomic E-state index is -0.901. The second kappa shape index (κ2) is 18.8. The highest BCUT2D eigenvalue weighted by molar-refractivity contribution is 8.03. The van der Waals surface area contributed by atoms with Crippen LogP contribution in [0.4, 0.5) is 0 Å². The predicted octanol–water partition coefficient (Wildman–Crippen LogP) is 4.13. The van der Waals surface area contributed by atoms with E-state index in [-0.39, 0.29) is 31.3 Å². The van der Waals surface area contributed by atoms with Gasteiger partial charge in [-0.25, -0.2) is 0 Å². The van der Waals surface area contributed by atoms with E-state index in [1.165, 1.54) is 4.90 Å². The molecule has 3 amide bonds. The molecule has 0 fully saturated rings. The van der Waals surface area contributed by atoms with Gasteiger partial charge < -0.3 is 42.6 Å². The summed E-state index contributed by atoms with van der Waals surface area (Å²) in [6, 6.07) is 18.4. The lowest BCUT2D eigenvalue weighted by Gasteiger charge is -2.41. The summed E-state index contributed by atoms with van der Waals surface area (Å²) in [7, 11) is 1.60. The van der Waals surface area contributed by atoms with Crippen molar-refractivity contribution in [3.63, 3.8) is 0 Å². The summed E-state index contributed by atoms with van der Waals surface area (Å²) in [4.78, 5) is 52.8. The van der Waals surface area contributed by atoms with Gasteiger partial charge in [-0.3, -0.25) is 19.4 Å². The average molecular weight is 784 g/mol. The summed E-state index contributed by atoms with van der Waals surface area (Å²) in [5, 5.41) is 14.6. The number of benzene rings is 2. The van der Waals surface area contributed by atoms with Gasteiger partial charge >= 0.3 is 0 Å². The number of likely N-dealkylation sites (N-methyl/N-ethyl adjacent to an activating group) is 1. The molecule has 2 aliphatic rings. The minimum absolute atomic E-state index is 0.104. The van der Waals surface area contributed by atoms with Crippen molar-refractivity contribution in [1.82, 2.24) is 36.1 Å². The predicted molar refractivity (Wildman–Crippen MR) is 219 cm³/mol. The molecule has 2 aromatic heterocycles. The second-order valence-electron chi connectivity index (χ2n) is 13.9. The van der Waals surface area contributed by atoms with Gasteiger partial charge in [0.15, 0.2) is 0 Å². The van der Waals surface area contributed by atoms with Crippen LogP contribution in [0.1, 0.15) is 48.8 Å². The Morgan fingerprint density at radius 1 is 0.909 bits per heavy atom. The number of rotatable bonds is 10. The number of nitrogens with one attached hydrogen (secondary N) is 5. The third-order valence-electron chi connectivity index (χ3n) is 10.4. The molecule has 0 radical (unpaired) electrons. The van der Waals surface area contributed by atoms with E-state index in [0.29, 0.717) is 43.9 Å². The van der Waals surface area contributed by atoms with Gasteiger partial charge in [0.05, 0.1) is 23.2 Å². The first-order chi connectivity index (χ1) is 26.8. The summed E-state index contributed by atoms with van der Waals surface area (Å²) < 4.78 is 0. The van der Waals surface area contributed by atoms with E-state index in [0.717, 1.165) is 55.8 Å². The molecule has 2 aromatic carbocycles. The topological polar surface area (TPSA) is 183 Å². The fourth-order valence-electron chi connectivity index (χ4n) is 7.27. The van der Waals surface area contributed by atoms with Crippen LogP contribution < -0.4 is 32.7 Å². The van der Waals surface area contributed by atoms with Gasteiger partial charge in [-0.15, -0.1) is 0 Å². The number of nitrogens with two attached hydrogens (primary N) is 2. The Kier molecular flexibility index (Phi) is 13.7. The van der Waals surface area contributed by atoms with Crippen LogP contribution in [0.2, 0.25) is 0 Å². The number of fused-ring (bicyclic) bond motifs is 2. The van der Waals surface area contributed by atoms with Crippen LogP contribution in [0.3, 0.4) is 0 Å². The lowest BCUT2D eigenvalue weighted by molar-refractivity contribution is -0.139. The van der Waals surface area contributed by atoms with Crippen LogP contribution >= 0.6 is 23.4 Å². The SMILES string of the molecule is CN1C(=O)CNC(=O)[C@H](CCCN)NCc2ccccc2SC2=C(CNC(=O)[C@@H]1Cc1c[nH]c3ccccc13)C(Cl)=CNC2(CCCCN)c1ccncc1. The Hall–Kier alpha value is -4.66. The molecule has 1 unspecified atom stereocenters. The van der Waals surface area contributed by atoms with E-state index in [1.54, 1.807) is 31.2 Å². The monoisotopic (exact) mass is 783 g/mol. The number of amides is 3. The minimum Gasteiger partial charge on any atom is -0.376 e. The molecule has 12 nitrogen and oxygen atoms in total. The van der Waals surface area contributed by atoms with Crippen LogP contribution in [0, 0.1) is 0 Å². The molecule has 4 aromatic rings. The molecule has 0 saturated heterocycles. The first kappa shape index (κ1) is 40.0. The van der Waals surface area contributed by atoms with E-state index in [1.807, 2.05) is 67.0 Å². The van der Waals surface area contributed by atoms with E-state index < -0.39 is 23.5 Å². The smallest absolute Gasteiger partial charge is 0.243 e. The third-order valence-corrected chi connectivity index (χ3v) is 12.2. The van der Waals surface area contributed by atoms with E-state index >= 15 is 0 Å². The van der Waals surface area contributed by atoms with Crippen LogP contribution in [0.25, 0.3) is 10.9 Å². The Morgan fingerprint density at radius 3 is 2.45 bits per heavy atom. The number of para-hydroxylation sites is 1. The van der Waals surface area contributed by atoms with Crippen molar-refractivity contribution in [2.24, 2.45) is 11.5 Å². The first-order valence-corrected chi connectivity index (χ1v) is 20.0. The molecule has 2 aliphatic heterocycles. The number of hydrogen-bond donors (Lipinski definition) is 7. The summed E-state index contributed by atoms with van der Waals surface area (Å²) in [6.45, 7) is 1.19. The summed E-state index contributed by atoms with van der Waals surface area (Å²) in [5.74, 6) is -1.05. The third kappa shape index (κ3) is 9.25. The standard InChI is InChI=1S/C41H50ClN9O3S/c1-51-35(21-28-23-46-33-11-4-3-10-30(28)33)40(54)48-24-31-32(42)25-50-41(16-6-7-17-43,29-14-19-45-20-15-29)38(31)55-36-13-5-2-9-27(36)22-47-34(12-8-18-44)39(53)49-26-37(51)52/h2-5,9-11,13-15,19-20,23,25,34-35,46-47,50H,6-8,12,16-18,21-22,24,26,43-44H2,1H3,(H,48,54)(H,49,53)/t34-,35-,41?/m0/s1. The number of pyridine rings is 1. The zero-order chi connectivity index (χ0) is 38.8. The number of thioether (sulfide) groups is 1. The maximum absolute atomic E-state index is 14.5. The van der Waals surface area contributed by atoms with Crippen molar-refractivity contribution in [2.45, 2.75) is 67.6 Å². The quantitative estimate of drug-likeness (QED) is 0.116. The number of aromatic nitrogens is 2. The molecule has 3 atom stereocenters. The zero-order valence-electron chi connectivity index (χ0n) is 31.1. The molecule has 0 bridgehead atoms. The first-order valence-electron chi connectivity index (χ1n) is 18.8. The van der Waals surface area contributed by atoms with Gasteiger partial charge in [0, 0.05) is 77.6 Å². The fraction of sp³-hybridized carbons (Fsp3) is 0.366. The van der Waals surface area contributed by atoms with Gasteiger partial charge in [0.2, 0.25) is 17.7 Å². The second-order valence-corrected chi connectivity index (χ2v) is 15.4. The maximum Gasteiger partial charge on any atom is 0.243 e. The molecule has 14 heteroatoms. The molecule has 0 saturated carbocycles. The van der Waals surface area contributed by atoms with Crippen LogP contribution in [0.5, 0.6) is 0 Å². The zero-order valence-corrected chi connectivity index (χ0v) is 32.6. The van der Waals surface area contributed by atoms with Crippen molar-refractivity contribution in [1.29, 1.82) is 0 Å². The molecule has 55 heavy (non-hydrogen) atoms. The lowest BCUT2D eigenvalue weighted by atomic mass is 9.81. The highest BCUT2D eigenvalue weighted by atomic mass is 35.5. The van der Waals surface area contributed by atoms with Crippen molar-refractivity contribution in [3.05, 3.63) is 118 Å². The van der Waals surface area contributed by atoms with Gasteiger partial charge in [-0.05, 0) is 86.1 Å². The molecule has 0 aliphatic carbocycles. The largest absolute Gasteiger partial charge is 0.376 e. The number of carbonyl (C=O) groups is 3. The highest BCUT2D eigenvalue weighted by Crippen LogP contribution is 2.49. The lowest BCUT2D eigenvalue weighted by Crippen LogP contribution is -2.53. The number of hydrogen-bond acceptors (Lipinski definition) is 9. The van der Waals surface area contributed by atoms with Crippen LogP contribution in [-0.4, -0.2) is 77.9 Å². The summed E-state index contributed by atoms with van der Waals surface area (Å²) in [5.41, 5.74) is 15.7. The molecule has 0 spiro atoms. The van der Waals surface area contributed by atoms with Crippen LogP contribution in [-0.2, 0) is 32.9 Å². The molecule has 9 N–H and O–H groups in total. The number of H-pyrrole nitrogens is 1. The van der Waals surface area contributed by atoms with Gasteiger partial charge in [-0.2, -0.15) is 0 Å². The van der Waals surface area contributed by atoms with Gasteiger partial charge in [0.25, 0.3) is 0 Å². The number of nitrogens with zero attached hydrogens (tertiary/aromatic N) is 2. The van der Waals surface area contributed by atoms with E-state index in [4.69, 9.17) is 23.1 Å². The number of dihydropyridines is 1. The summed E-state index contributed by atoms with van der Waals surface area (Å²) in [6.07, 6.45) is 10.9. The number of halogens is 1. The Morgan fingerprint density at radius 2 is 1.65 bits per heavy atom. The van der Waals surface area contributed by atoms with Gasteiger partial charge in [-0.1, -0.05) is 59.8 Å². The van der Waals surface area contributed by atoms with Gasteiger partial charge in [0.1, 0.15) is 6.04 Å². The maximum atomic E-state index is 14.5. The van der Waals surface area contributed by atoms with Crippen molar-refractivity contribution >= 4 is 52.0 Å². The number of carbonyl (C=O) groups excluding carboxylic acids is 3. The number of unbranched alkanes of at least 4 members (excludes halogenated alkanes) is 1. The Bertz CT molecular complexity index is 2040. The fourth-order valence-corrected chi connectivity index (χ4v) is 8.93. The van der Waals surface area contributed by atoms with Crippen molar-refractivity contribution in [2.75, 3.05) is 33.2 Å². The van der Waals surface area contributed by atoms with E-state index in [9.17, 15) is 14.4 Å². The van der Waals surface area contributed by atoms with E-state index in [2.05, 4.69) is 37.3 Å². The van der Waals surface area contributed by atoms with Crippen molar-refractivity contribution < 1.29 is 14.4 Å². The number of aromatic amines is 1. The Labute approximate surface area is 331 Å². The molecular weight excluding hydrogens is 734 g/mol. The van der Waals surface area contributed by atoms with Crippen LogP contribution in [0.15, 0.2) is 106 Å². The molecule has 6 rings (SSSR count).